The monoisotopic (exact) mass is 236 g/mol. The predicted octanol–water partition coefficient (Wildman–Crippen LogP) is 2.13. The van der Waals surface area contributed by atoms with Gasteiger partial charge in [0.15, 0.2) is 0 Å². The molecule has 2 rings (SSSR count). The van der Waals surface area contributed by atoms with E-state index < -0.39 is 0 Å². The first kappa shape index (κ1) is 12.2. The second kappa shape index (κ2) is 6.47. The summed E-state index contributed by atoms with van der Waals surface area (Å²) in [4.78, 5) is 7.26. The lowest BCUT2D eigenvalue weighted by Gasteiger charge is -2.15. The van der Waals surface area contributed by atoms with Crippen LogP contribution in [0.25, 0.3) is 0 Å². The molecule has 1 heterocycles. The van der Waals surface area contributed by atoms with Crippen molar-refractivity contribution < 1.29 is 9.57 Å². The zero-order chi connectivity index (χ0) is 11.9. The van der Waals surface area contributed by atoms with Crippen molar-refractivity contribution in [2.75, 3.05) is 38.8 Å². The molecule has 0 spiro atoms. The summed E-state index contributed by atoms with van der Waals surface area (Å²) in [7, 11) is 1.60. The van der Waals surface area contributed by atoms with Crippen molar-refractivity contribution in [2.24, 2.45) is 0 Å². The number of likely N-dealkylation sites (tertiary alicyclic amines) is 1. The lowest BCUT2D eigenvalue weighted by Crippen LogP contribution is -2.25. The molecule has 4 nitrogen and oxygen atoms in total. The van der Waals surface area contributed by atoms with E-state index in [0.29, 0.717) is 0 Å². The molecule has 17 heavy (non-hydrogen) atoms. The van der Waals surface area contributed by atoms with Crippen molar-refractivity contribution in [3.05, 3.63) is 24.3 Å². The van der Waals surface area contributed by atoms with Crippen molar-refractivity contribution in [1.29, 1.82) is 0 Å². The van der Waals surface area contributed by atoms with E-state index in [1.165, 1.54) is 25.9 Å². The third kappa shape index (κ3) is 3.91. The van der Waals surface area contributed by atoms with Crippen LogP contribution in [-0.2, 0) is 4.84 Å². The van der Waals surface area contributed by atoms with Gasteiger partial charge in [0, 0.05) is 6.54 Å². The van der Waals surface area contributed by atoms with Gasteiger partial charge in [-0.3, -0.25) is 15.2 Å². The molecule has 1 fully saturated rings. The van der Waals surface area contributed by atoms with Gasteiger partial charge in [0.2, 0.25) is 0 Å². The summed E-state index contributed by atoms with van der Waals surface area (Å²) >= 11 is 0. The van der Waals surface area contributed by atoms with E-state index in [1.807, 2.05) is 24.3 Å². The molecule has 1 aromatic carbocycles. The molecule has 0 amide bonds. The van der Waals surface area contributed by atoms with Gasteiger partial charge in [0.25, 0.3) is 0 Å². The molecule has 0 aliphatic carbocycles. The fourth-order valence-electron chi connectivity index (χ4n) is 2.04. The Bertz CT molecular complexity index is 321. The number of rotatable bonds is 6. The number of anilines is 1. The molecular weight excluding hydrogens is 216 g/mol. The predicted molar refractivity (Wildman–Crippen MR) is 68.2 cm³/mol. The third-order valence-electron chi connectivity index (χ3n) is 2.95. The highest BCUT2D eigenvalue weighted by Crippen LogP contribution is 2.15. The number of hydrogen-bond acceptors (Lipinski definition) is 4. The number of hydrogen-bond donors (Lipinski definition) is 1. The second-order valence-corrected chi connectivity index (χ2v) is 4.23. The average molecular weight is 236 g/mol. The van der Waals surface area contributed by atoms with E-state index in [2.05, 4.69) is 10.4 Å². The van der Waals surface area contributed by atoms with Crippen molar-refractivity contribution in [3.63, 3.8) is 0 Å². The Morgan fingerprint density at radius 2 is 1.88 bits per heavy atom. The summed E-state index contributed by atoms with van der Waals surface area (Å²) < 4.78 is 5.69. The van der Waals surface area contributed by atoms with Gasteiger partial charge in [-0.05, 0) is 50.2 Å². The van der Waals surface area contributed by atoms with Gasteiger partial charge < -0.3 is 4.74 Å². The fraction of sp³-hybridized carbons (Fsp3) is 0.538. The molecule has 4 heteroatoms. The molecule has 0 unspecified atom stereocenters. The Hall–Kier alpha value is -1.26. The summed E-state index contributed by atoms with van der Waals surface area (Å²) in [5.41, 5.74) is 3.70. The van der Waals surface area contributed by atoms with Crippen molar-refractivity contribution in [2.45, 2.75) is 12.8 Å². The van der Waals surface area contributed by atoms with Crippen molar-refractivity contribution in [1.82, 2.24) is 4.90 Å². The third-order valence-corrected chi connectivity index (χ3v) is 2.95. The SMILES string of the molecule is CONc1ccc(OCCN2CCCC2)cc1. The maximum atomic E-state index is 5.69. The van der Waals surface area contributed by atoms with Crippen LogP contribution in [0, 0.1) is 0 Å². The maximum Gasteiger partial charge on any atom is 0.119 e. The molecule has 0 radical (unpaired) electrons. The molecule has 0 atom stereocenters. The molecule has 1 N–H and O–H groups in total. The van der Waals surface area contributed by atoms with Gasteiger partial charge in [-0.25, -0.2) is 0 Å². The van der Waals surface area contributed by atoms with Gasteiger partial charge in [-0.2, -0.15) is 0 Å². The van der Waals surface area contributed by atoms with E-state index in [4.69, 9.17) is 9.57 Å². The minimum Gasteiger partial charge on any atom is -0.492 e. The highest BCUT2D eigenvalue weighted by molar-refractivity contribution is 5.44. The molecular formula is C13H20N2O2. The van der Waals surface area contributed by atoms with Crippen LogP contribution in [-0.4, -0.2) is 38.3 Å². The Balaban J connectivity index is 1.70. The van der Waals surface area contributed by atoms with Gasteiger partial charge in [-0.1, -0.05) is 0 Å². The number of ether oxygens (including phenoxy) is 1. The Labute approximate surface area is 102 Å². The lowest BCUT2D eigenvalue weighted by molar-refractivity contribution is 0.237. The van der Waals surface area contributed by atoms with E-state index >= 15 is 0 Å². The van der Waals surface area contributed by atoms with Crippen LogP contribution in [0.15, 0.2) is 24.3 Å². The minimum absolute atomic E-state index is 0.761. The topological polar surface area (TPSA) is 33.7 Å². The van der Waals surface area contributed by atoms with E-state index in [1.54, 1.807) is 7.11 Å². The van der Waals surface area contributed by atoms with Gasteiger partial charge in [0.05, 0.1) is 12.8 Å². The van der Waals surface area contributed by atoms with Crippen LogP contribution in [0.5, 0.6) is 5.75 Å². The first-order valence-electron chi connectivity index (χ1n) is 6.13. The fourth-order valence-corrected chi connectivity index (χ4v) is 2.04. The van der Waals surface area contributed by atoms with E-state index in [9.17, 15) is 0 Å². The summed E-state index contributed by atoms with van der Waals surface area (Å²) in [6.45, 7) is 4.23. The van der Waals surface area contributed by atoms with E-state index in [-0.39, 0.29) is 0 Å². The Morgan fingerprint density at radius 3 is 2.53 bits per heavy atom. The zero-order valence-electron chi connectivity index (χ0n) is 10.3. The van der Waals surface area contributed by atoms with Crippen molar-refractivity contribution >= 4 is 5.69 Å². The molecule has 0 aromatic heterocycles. The first-order chi connectivity index (χ1) is 8.38. The summed E-state index contributed by atoms with van der Waals surface area (Å²) in [5.74, 6) is 0.908. The Morgan fingerprint density at radius 1 is 1.18 bits per heavy atom. The smallest absolute Gasteiger partial charge is 0.119 e. The quantitative estimate of drug-likeness (QED) is 0.767. The van der Waals surface area contributed by atoms with E-state index in [0.717, 1.165) is 24.6 Å². The number of benzene rings is 1. The summed E-state index contributed by atoms with van der Waals surface area (Å²) in [5, 5.41) is 0. The van der Waals surface area contributed by atoms with Crippen LogP contribution < -0.4 is 10.2 Å². The Kier molecular flexibility index (Phi) is 4.64. The second-order valence-electron chi connectivity index (χ2n) is 4.23. The van der Waals surface area contributed by atoms with Gasteiger partial charge in [0.1, 0.15) is 12.4 Å². The molecule has 1 aromatic rings. The van der Waals surface area contributed by atoms with Crippen LogP contribution >= 0.6 is 0 Å². The minimum atomic E-state index is 0.761. The lowest BCUT2D eigenvalue weighted by atomic mass is 10.3. The summed E-state index contributed by atoms with van der Waals surface area (Å²) in [6.07, 6.45) is 2.66. The number of nitrogens with zero attached hydrogens (tertiary/aromatic N) is 1. The van der Waals surface area contributed by atoms with Crippen LogP contribution in [0.2, 0.25) is 0 Å². The van der Waals surface area contributed by atoms with Gasteiger partial charge >= 0.3 is 0 Å². The highest BCUT2D eigenvalue weighted by atomic mass is 16.6. The van der Waals surface area contributed by atoms with Crippen LogP contribution in [0.3, 0.4) is 0 Å². The molecule has 0 saturated carbocycles. The van der Waals surface area contributed by atoms with Crippen LogP contribution in [0.4, 0.5) is 5.69 Å². The first-order valence-corrected chi connectivity index (χ1v) is 6.13. The normalized spacial score (nSPS) is 16.1. The standard InChI is InChI=1S/C13H20N2O2/c1-16-14-12-4-6-13(7-5-12)17-11-10-15-8-2-3-9-15/h4-7,14H,2-3,8-11H2,1H3. The molecule has 1 aliphatic rings. The maximum absolute atomic E-state index is 5.69. The zero-order valence-corrected chi connectivity index (χ0v) is 10.3. The molecule has 1 saturated heterocycles. The average Bonchev–Trinajstić information content (AvgIpc) is 2.85. The molecule has 0 bridgehead atoms. The highest BCUT2D eigenvalue weighted by Gasteiger charge is 2.10. The largest absolute Gasteiger partial charge is 0.492 e. The molecule has 1 aliphatic heterocycles. The number of nitrogens with one attached hydrogen (secondary N) is 1. The summed E-state index contributed by atoms with van der Waals surface area (Å²) in [6, 6.07) is 7.78. The molecule has 94 valence electrons. The van der Waals surface area contributed by atoms with Crippen molar-refractivity contribution in [3.8, 4) is 5.75 Å². The van der Waals surface area contributed by atoms with Crippen LogP contribution in [0.1, 0.15) is 12.8 Å². The van der Waals surface area contributed by atoms with Gasteiger partial charge in [-0.15, -0.1) is 0 Å².